The van der Waals surface area contributed by atoms with Crippen LogP contribution in [0.5, 0.6) is 0 Å². The summed E-state index contributed by atoms with van der Waals surface area (Å²) in [7, 11) is 1.82. The minimum absolute atomic E-state index is 0.267. The molecule has 2 aromatic carbocycles. The number of aromatic nitrogens is 3. The van der Waals surface area contributed by atoms with Gasteiger partial charge in [0.2, 0.25) is 0 Å². The molecule has 7 heteroatoms. The van der Waals surface area contributed by atoms with Crippen LogP contribution in [0.4, 0.5) is 4.39 Å². The molecule has 0 atom stereocenters. The van der Waals surface area contributed by atoms with Crippen LogP contribution in [0.1, 0.15) is 16.2 Å². The monoisotopic (exact) mass is 402 g/mol. The Kier molecular flexibility index (Phi) is 5.23. The number of hydrogen-bond donors (Lipinski definition) is 1. The second-order valence-corrected chi connectivity index (χ2v) is 6.33. The summed E-state index contributed by atoms with van der Waals surface area (Å²) in [4.78, 5) is 16.7. The van der Waals surface area contributed by atoms with Gasteiger partial charge in [0.1, 0.15) is 11.6 Å². The number of rotatable bonds is 5. The van der Waals surface area contributed by atoms with E-state index in [-0.39, 0.29) is 11.5 Å². The zero-order valence-corrected chi connectivity index (χ0v) is 15.1. The molecule has 3 rings (SSSR count). The summed E-state index contributed by atoms with van der Waals surface area (Å²) in [5.74, 6) is 0.626. The van der Waals surface area contributed by atoms with Crippen molar-refractivity contribution in [2.45, 2.75) is 6.42 Å². The van der Waals surface area contributed by atoms with E-state index in [2.05, 4.69) is 31.3 Å². The highest BCUT2D eigenvalue weighted by Crippen LogP contribution is 2.18. The second kappa shape index (κ2) is 7.57. The molecule has 1 N–H and O–H groups in total. The number of carbonyl (C=O) groups excluding carboxylic acids is 1. The maximum absolute atomic E-state index is 13.3. The fraction of sp³-hybridized carbons (Fsp3) is 0.167. The lowest BCUT2D eigenvalue weighted by molar-refractivity contribution is 0.0952. The van der Waals surface area contributed by atoms with Gasteiger partial charge in [0.15, 0.2) is 5.82 Å². The minimum atomic E-state index is -0.450. The summed E-state index contributed by atoms with van der Waals surface area (Å²) in [6, 6.07) is 13.7. The van der Waals surface area contributed by atoms with Gasteiger partial charge >= 0.3 is 0 Å². The maximum Gasteiger partial charge on any atom is 0.252 e. The van der Waals surface area contributed by atoms with Gasteiger partial charge in [0, 0.05) is 30.0 Å². The van der Waals surface area contributed by atoms with Gasteiger partial charge in [-0.1, -0.05) is 30.3 Å². The zero-order chi connectivity index (χ0) is 17.8. The Morgan fingerprint density at radius 2 is 2.00 bits per heavy atom. The van der Waals surface area contributed by atoms with E-state index in [1.54, 1.807) is 4.68 Å². The van der Waals surface area contributed by atoms with Crippen molar-refractivity contribution < 1.29 is 9.18 Å². The third-order valence-electron chi connectivity index (χ3n) is 3.69. The molecule has 0 radical (unpaired) electrons. The lowest BCUT2D eigenvalue weighted by atomic mass is 10.2. The average molecular weight is 403 g/mol. The Hall–Kier alpha value is -2.54. The fourth-order valence-electron chi connectivity index (χ4n) is 2.40. The van der Waals surface area contributed by atoms with Crippen LogP contribution < -0.4 is 5.32 Å². The summed E-state index contributed by atoms with van der Waals surface area (Å²) in [6.07, 6.45) is 0.523. The molecular formula is C18H16BrFN4O. The van der Waals surface area contributed by atoms with E-state index >= 15 is 0 Å². The van der Waals surface area contributed by atoms with Crippen LogP contribution in [0.3, 0.4) is 0 Å². The Bertz CT molecular complexity index is 895. The predicted molar refractivity (Wildman–Crippen MR) is 96.6 cm³/mol. The van der Waals surface area contributed by atoms with Gasteiger partial charge in [0.25, 0.3) is 5.91 Å². The molecule has 0 spiro atoms. The van der Waals surface area contributed by atoms with E-state index in [0.717, 1.165) is 11.4 Å². The smallest absolute Gasteiger partial charge is 0.252 e. The minimum Gasteiger partial charge on any atom is -0.352 e. The SMILES string of the molecule is Cn1nc(-c2ccccc2)nc1CCNC(=O)c1cc(F)ccc1Br. The topological polar surface area (TPSA) is 59.8 Å². The van der Waals surface area contributed by atoms with Crippen molar-refractivity contribution in [1.29, 1.82) is 0 Å². The molecule has 0 saturated heterocycles. The summed E-state index contributed by atoms with van der Waals surface area (Å²) in [5.41, 5.74) is 1.21. The first-order valence-corrected chi connectivity index (χ1v) is 8.52. The highest BCUT2D eigenvalue weighted by atomic mass is 79.9. The molecule has 25 heavy (non-hydrogen) atoms. The van der Waals surface area contributed by atoms with E-state index in [1.807, 2.05) is 37.4 Å². The van der Waals surface area contributed by atoms with E-state index < -0.39 is 5.82 Å². The molecular weight excluding hydrogens is 387 g/mol. The second-order valence-electron chi connectivity index (χ2n) is 5.47. The normalized spacial score (nSPS) is 10.7. The van der Waals surface area contributed by atoms with Crippen molar-refractivity contribution in [2.75, 3.05) is 6.54 Å². The summed E-state index contributed by atoms with van der Waals surface area (Å²) < 4.78 is 15.5. The van der Waals surface area contributed by atoms with Gasteiger partial charge in [-0.2, -0.15) is 5.10 Å². The highest BCUT2D eigenvalue weighted by Gasteiger charge is 2.12. The molecule has 0 aliphatic rings. The molecule has 5 nitrogen and oxygen atoms in total. The molecule has 1 amide bonds. The lowest BCUT2D eigenvalue weighted by Gasteiger charge is -2.06. The highest BCUT2D eigenvalue weighted by molar-refractivity contribution is 9.10. The fourth-order valence-corrected chi connectivity index (χ4v) is 2.83. The van der Waals surface area contributed by atoms with Gasteiger partial charge in [-0.3, -0.25) is 9.48 Å². The van der Waals surface area contributed by atoms with Crippen LogP contribution in [0, 0.1) is 5.82 Å². The largest absolute Gasteiger partial charge is 0.352 e. The molecule has 1 heterocycles. The zero-order valence-electron chi connectivity index (χ0n) is 13.5. The summed E-state index contributed by atoms with van der Waals surface area (Å²) >= 11 is 3.25. The number of halogens is 2. The van der Waals surface area contributed by atoms with Crippen molar-refractivity contribution >= 4 is 21.8 Å². The number of aryl methyl sites for hydroxylation is 1. The number of nitrogens with zero attached hydrogens (tertiary/aromatic N) is 3. The van der Waals surface area contributed by atoms with Crippen LogP contribution in [0.15, 0.2) is 53.0 Å². The number of benzene rings is 2. The number of carbonyl (C=O) groups is 1. The van der Waals surface area contributed by atoms with Gasteiger partial charge in [-0.15, -0.1) is 0 Å². The van der Waals surface area contributed by atoms with Crippen molar-refractivity contribution in [2.24, 2.45) is 7.05 Å². The van der Waals surface area contributed by atoms with Crippen molar-refractivity contribution in [1.82, 2.24) is 20.1 Å². The molecule has 0 aliphatic carbocycles. The first-order chi connectivity index (χ1) is 12.0. The molecule has 0 bridgehead atoms. The van der Waals surface area contributed by atoms with E-state index in [0.29, 0.717) is 23.3 Å². The average Bonchev–Trinajstić information content (AvgIpc) is 2.98. The summed E-state index contributed by atoms with van der Waals surface area (Å²) in [6.45, 7) is 0.378. The van der Waals surface area contributed by atoms with Crippen molar-refractivity contribution in [3.05, 3.63) is 70.2 Å². The van der Waals surface area contributed by atoms with E-state index in [9.17, 15) is 9.18 Å². The van der Waals surface area contributed by atoms with Gasteiger partial charge in [0.05, 0.1) is 5.56 Å². The van der Waals surface area contributed by atoms with Gasteiger partial charge < -0.3 is 5.32 Å². The third-order valence-corrected chi connectivity index (χ3v) is 4.38. The van der Waals surface area contributed by atoms with Crippen LogP contribution in [0.2, 0.25) is 0 Å². The van der Waals surface area contributed by atoms with Crippen molar-refractivity contribution in [3.63, 3.8) is 0 Å². The molecule has 0 aliphatic heterocycles. The molecule has 0 unspecified atom stereocenters. The van der Waals surface area contributed by atoms with Crippen LogP contribution in [0.25, 0.3) is 11.4 Å². The quantitative estimate of drug-likeness (QED) is 0.711. The number of hydrogen-bond acceptors (Lipinski definition) is 3. The van der Waals surface area contributed by atoms with Gasteiger partial charge in [-0.05, 0) is 34.1 Å². The molecule has 0 fully saturated rings. The molecule has 3 aromatic rings. The Morgan fingerprint density at radius 1 is 1.24 bits per heavy atom. The maximum atomic E-state index is 13.3. The number of amides is 1. The standard InChI is InChI=1S/C18H16BrFN4O/c1-24-16(22-17(23-24)12-5-3-2-4-6-12)9-10-21-18(25)14-11-13(20)7-8-15(14)19/h2-8,11H,9-10H2,1H3,(H,21,25). The van der Waals surface area contributed by atoms with Gasteiger partial charge in [-0.25, -0.2) is 9.37 Å². The predicted octanol–water partition coefficient (Wildman–Crippen LogP) is 3.36. The Balaban J connectivity index is 1.63. The number of nitrogens with one attached hydrogen (secondary N) is 1. The van der Waals surface area contributed by atoms with Crippen molar-refractivity contribution in [3.8, 4) is 11.4 Å². The molecule has 0 saturated carbocycles. The summed E-state index contributed by atoms with van der Waals surface area (Å²) in [5, 5.41) is 7.17. The molecule has 1 aromatic heterocycles. The van der Waals surface area contributed by atoms with Crippen LogP contribution in [-0.2, 0) is 13.5 Å². The van der Waals surface area contributed by atoms with Crippen LogP contribution >= 0.6 is 15.9 Å². The third kappa shape index (κ3) is 4.11. The van der Waals surface area contributed by atoms with E-state index in [4.69, 9.17) is 0 Å². The van der Waals surface area contributed by atoms with E-state index in [1.165, 1.54) is 18.2 Å². The Labute approximate surface area is 153 Å². The lowest BCUT2D eigenvalue weighted by Crippen LogP contribution is -2.26. The first-order valence-electron chi connectivity index (χ1n) is 7.73. The molecule has 128 valence electrons. The Morgan fingerprint density at radius 3 is 2.76 bits per heavy atom. The first kappa shape index (κ1) is 17.3. The van der Waals surface area contributed by atoms with Crippen LogP contribution in [-0.4, -0.2) is 27.2 Å².